The van der Waals surface area contributed by atoms with Gasteiger partial charge in [-0.2, -0.15) is 28.4 Å². The minimum atomic E-state index is -5.14. The molecule has 2 heterocycles. The molecule has 1 aromatic heterocycles. The van der Waals surface area contributed by atoms with Gasteiger partial charge < -0.3 is 5.11 Å². The maximum atomic E-state index is 13.2. The highest BCUT2D eigenvalue weighted by molar-refractivity contribution is 6.32. The highest BCUT2D eigenvalue weighted by Crippen LogP contribution is 2.46. The molecule has 26 heavy (non-hydrogen) atoms. The summed E-state index contributed by atoms with van der Waals surface area (Å²) in [4.78, 5) is 12.4. The van der Waals surface area contributed by atoms with Crippen LogP contribution in [-0.2, 0) is 11.3 Å². The molecule has 0 spiro atoms. The van der Waals surface area contributed by atoms with E-state index >= 15 is 0 Å². The molecule has 1 aliphatic heterocycles. The fourth-order valence-corrected chi connectivity index (χ4v) is 3.25. The van der Waals surface area contributed by atoms with Gasteiger partial charge in [0.2, 0.25) is 0 Å². The summed E-state index contributed by atoms with van der Waals surface area (Å²) in [6.45, 7) is 0.437. The van der Waals surface area contributed by atoms with Crippen LogP contribution in [0.25, 0.3) is 0 Å². The molecule has 1 N–H and O–H groups in total. The molecular formula is C14H14ClF5N4O2. The van der Waals surface area contributed by atoms with Gasteiger partial charge in [-0.1, -0.05) is 11.6 Å². The van der Waals surface area contributed by atoms with Crippen LogP contribution in [0.1, 0.15) is 49.9 Å². The monoisotopic (exact) mass is 400 g/mol. The van der Waals surface area contributed by atoms with Gasteiger partial charge in [-0.05, 0) is 19.8 Å². The molecule has 6 nitrogen and oxygen atoms in total. The topological polar surface area (TPSA) is 70.7 Å². The standard InChI is InChI=1S/C14H14ClF5N4O2/c1-6-4-13(26,14(18,19)20)24(21-6)8(25)5-23-11(7-2-3-7)9(15)10(22-23)12(16)17/h7,12,26H,2-5H2,1H3/t13-/m0/s1. The Morgan fingerprint density at radius 3 is 2.54 bits per heavy atom. The maximum Gasteiger partial charge on any atom is 0.438 e. The van der Waals surface area contributed by atoms with Crippen LogP contribution in [0.4, 0.5) is 22.0 Å². The molecular weight excluding hydrogens is 387 g/mol. The molecule has 1 aliphatic carbocycles. The zero-order valence-corrected chi connectivity index (χ0v) is 14.2. The van der Waals surface area contributed by atoms with Crippen LogP contribution in [0.15, 0.2) is 5.10 Å². The summed E-state index contributed by atoms with van der Waals surface area (Å²) in [6, 6.07) is 0. The molecule has 1 fully saturated rings. The van der Waals surface area contributed by atoms with Crippen molar-refractivity contribution >= 4 is 23.2 Å². The highest BCUT2D eigenvalue weighted by atomic mass is 35.5. The van der Waals surface area contributed by atoms with Crippen molar-refractivity contribution in [2.75, 3.05) is 0 Å². The van der Waals surface area contributed by atoms with Crippen LogP contribution in [-0.4, -0.2) is 43.4 Å². The lowest BCUT2D eigenvalue weighted by atomic mass is 10.1. The van der Waals surface area contributed by atoms with E-state index in [0.29, 0.717) is 12.8 Å². The zero-order valence-electron chi connectivity index (χ0n) is 13.4. The fraction of sp³-hybridized carbons (Fsp3) is 0.643. The van der Waals surface area contributed by atoms with Gasteiger partial charge in [0.25, 0.3) is 18.1 Å². The SMILES string of the molecule is CC1=NN(C(=O)Cn2nc(C(F)F)c(Cl)c2C2CC2)[C@@](O)(C(F)(F)F)C1. The van der Waals surface area contributed by atoms with Crippen molar-refractivity contribution in [1.82, 2.24) is 14.8 Å². The quantitative estimate of drug-likeness (QED) is 0.789. The van der Waals surface area contributed by atoms with Crippen LogP contribution in [0, 0.1) is 0 Å². The molecule has 0 bridgehead atoms. The van der Waals surface area contributed by atoms with Gasteiger partial charge in [0.1, 0.15) is 12.2 Å². The second-order valence-electron chi connectivity index (χ2n) is 6.35. The Hall–Kier alpha value is -1.75. The van der Waals surface area contributed by atoms with Crippen molar-refractivity contribution in [1.29, 1.82) is 0 Å². The summed E-state index contributed by atoms with van der Waals surface area (Å²) in [6.07, 6.45) is -7.72. The molecule has 1 amide bonds. The summed E-state index contributed by atoms with van der Waals surface area (Å²) in [5.41, 5.74) is -4.11. The first-order valence-electron chi connectivity index (χ1n) is 7.66. The van der Waals surface area contributed by atoms with Gasteiger partial charge in [-0.25, -0.2) is 8.78 Å². The largest absolute Gasteiger partial charge is 0.438 e. The number of hydrogen-bond acceptors (Lipinski definition) is 4. The minimum absolute atomic E-state index is 0.0589. The van der Waals surface area contributed by atoms with Gasteiger partial charge in [-0.3, -0.25) is 9.48 Å². The van der Waals surface area contributed by atoms with Crippen LogP contribution in [0.5, 0.6) is 0 Å². The number of hydrazone groups is 1. The Labute approximate surface area is 149 Å². The second-order valence-corrected chi connectivity index (χ2v) is 6.73. The maximum absolute atomic E-state index is 13.2. The number of carbonyl (C=O) groups excluding carboxylic acids is 1. The van der Waals surface area contributed by atoms with E-state index in [1.165, 1.54) is 6.92 Å². The number of amides is 1. The van der Waals surface area contributed by atoms with Crippen molar-refractivity contribution in [3.63, 3.8) is 0 Å². The van der Waals surface area contributed by atoms with Gasteiger partial charge in [0.05, 0.1) is 10.7 Å². The van der Waals surface area contributed by atoms with E-state index in [4.69, 9.17) is 11.6 Å². The number of nitrogens with zero attached hydrogens (tertiary/aromatic N) is 4. The Balaban J connectivity index is 1.92. The third-order valence-electron chi connectivity index (χ3n) is 4.23. The van der Waals surface area contributed by atoms with E-state index in [1.54, 1.807) is 0 Å². The van der Waals surface area contributed by atoms with Crippen molar-refractivity contribution in [2.45, 2.75) is 57.0 Å². The minimum Gasteiger partial charge on any atom is -0.362 e. The molecule has 1 atom stereocenters. The first-order valence-corrected chi connectivity index (χ1v) is 8.04. The van der Waals surface area contributed by atoms with Gasteiger partial charge in [0, 0.05) is 18.1 Å². The van der Waals surface area contributed by atoms with E-state index in [2.05, 4.69) is 10.2 Å². The second kappa shape index (κ2) is 6.15. The number of aliphatic hydroxyl groups is 1. The Kier molecular flexibility index (Phi) is 4.50. The first kappa shape index (κ1) is 19.0. The molecule has 1 saturated carbocycles. The Bertz CT molecular complexity index is 774. The number of aromatic nitrogens is 2. The zero-order chi connectivity index (χ0) is 19.4. The van der Waals surface area contributed by atoms with Gasteiger partial charge in [-0.15, -0.1) is 0 Å². The van der Waals surface area contributed by atoms with Crippen molar-refractivity contribution in [2.24, 2.45) is 5.10 Å². The van der Waals surface area contributed by atoms with Gasteiger partial charge >= 0.3 is 6.18 Å². The van der Waals surface area contributed by atoms with Crippen molar-refractivity contribution in [3.05, 3.63) is 16.4 Å². The average Bonchev–Trinajstić information content (AvgIpc) is 3.20. The predicted octanol–water partition coefficient (Wildman–Crippen LogP) is 3.21. The summed E-state index contributed by atoms with van der Waals surface area (Å²) in [5.74, 6) is -1.41. The molecule has 0 unspecified atom stereocenters. The van der Waals surface area contributed by atoms with E-state index in [1.807, 2.05) is 0 Å². The number of alkyl halides is 5. The molecule has 3 rings (SSSR count). The van der Waals surface area contributed by atoms with Gasteiger partial charge in [0.15, 0.2) is 0 Å². The molecule has 0 radical (unpaired) electrons. The fourth-order valence-electron chi connectivity index (χ4n) is 2.88. The van der Waals surface area contributed by atoms with Crippen LogP contribution in [0.3, 0.4) is 0 Å². The summed E-state index contributed by atoms with van der Waals surface area (Å²) < 4.78 is 66.5. The summed E-state index contributed by atoms with van der Waals surface area (Å²) in [7, 11) is 0. The van der Waals surface area contributed by atoms with E-state index in [-0.39, 0.29) is 27.4 Å². The highest BCUT2D eigenvalue weighted by Gasteiger charge is 2.62. The molecule has 0 aromatic carbocycles. The van der Waals surface area contributed by atoms with Crippen molar-refractivity contribution in [3.8, 4) is 0 Å². The van der Waals surface area contributed by atoms with Crippen LogP contribution < -0.4 is 0 Å². The van der Waals surface area contributed by atoms with E-state index < -0.39 is 42.9 Å². The number of rotatable bonds is 4. The molecule has 144 valence electrons. The van der Waals surface area contributed by atoms with Crippen LogP contribution in [0.2, 0.25) is 5.02 Å². The lowest BCUT2D eigenvalue weighted by Crippen LogP contribution is -2.57. The first-order chi connectivity index (χ1) is 12.0. The Morgan fingerprint density at radius 1 is 1.42 bits per heavy atom. The Morgan fingerprint density at radius 2 is 2.04 bits per heavy atom. The van der Waals surface area contributed by atoms with E-state index in [0.717, 1.165) is 4.68 Å². The lowest BCUT2D eigenvalue weighted by molar-refractivity contribution is -0.302. The predicted molar refractivity (Wildman–Crippen MR) is 79.7 cm³/mol. The number of hydrogen-bond donors (Lipinski definition) is 1. The van der Waals surface area contributed by atoms with Crippen LogP contribution >= 0.6 is 11.6 Å². The average molecular weight is 401 g/mol. The van der Waals surface area contributed by atoms with E-state index in [9.17, 15) is 31.9 Å². The molecule has 2 aliphatic rings. The molecule has 12 heteroatoms. The smallest absolute Gasteiger partial charge is 0.362 e. The third-order valence-corrected chi connectivity index (χ3v) is 4.61. The normalized spacial score (nSPS) is 23.7. The van der Waals surface area contributed by atoms with Crippen molar-refractivity contribution < 1.29 is 31.9 Å². The summed E-state index contributed by atoms with van der Waals surface area (Å²) >= 11 is 5.91. The summed E-state index contributed by atoms with van der Waals surface area (Å²) in [5, 5.41) is 16.6. The molecule has 0 saturated heterocycles. The number of carbonyl (C=O) groups is 1. The lowest BCUT2D eigenvalue weighted by Gasteiger charge is -2.32. The molecule has 1 aromatic rings. The number of halogens is 6. The third kappa shape index (κ3) is 3.07.